The van der Waals surface area contributed by atoms with Crippen molar-refractivity contribution in [1.29, 1.82) is 0 Å². The molecule has 0 nitrogen and oxygen atoms in total. The highest BCUT2D eigenvalue weighted by atomic mass is 14.4. The second-order valence-electron chi connectivity index (χ2n) is 13.0. The Hall–Kier alpha value is -2.86. The third-order valence-corrected chi connectivity index (χ3v) is 9.88. The molecule has 1 saturated carbocycles. The fraction of sp³-hybridized carbons (Fsp3) is 0.436. The molecule has 3 aromatic rings. The van der Waals surface area contributed by atoms with Crippen LogP contribution in [0.25, 0.3) is 16.7 Å². The van der Waals surface area contributed by atoms with E-state index in [1.165, 1.54) is 106 Å². The van der Waals surface area contributed by atoms with Gasteiger partial charge in [-0.15, -0.1) is 0 Å². The van der Waals surface area contributed by atoms with Crippen molar-refractivity contribution in [2.45, 2.75) is 98.8 Å². The highest BCUT2D eigenvalue weighted by molar-refractivity contribution is 5.82. The van der Waals surface area contributed by atoms with Gasteiger partial charge in [0.2, 0.25) is 0 Å². The summed E-state index contributed by atoms with van der Waals surface area (Å²) < 4.78 is 0. The summed E-state index contributed by atoms with van der Waals surface area (Å²) in [4.78, 5) is 0. The summed E-state index contributed by atoms with van der Waals surface area (Å²) in [6, 6.07) is 24.0. The molecule has 1 fully saturated rings. The quantitative estimate of drug-likeness (QED) is 0.296. The molecular formula is C39H48. The molecule has 0 N–H and O–H groups in total. The van der Waals surface area contributed by atoms with Crippen LogP contribution < -0.4 is 0 Å². The van der Waals surface area contributed by atoms with E-state index in [-0.39, 0.29) is 5.41 Å². The number of hydrogen-bond acceptors (Lipinski definition) is 0. The van der Waals surface area contributed by atoms with Crippen molar-refractivity contribution in [3.05, 3.63) is 111 Å². The van der Waals surface area contributed by atoms with E-state index in [1.807, 2.05) is 0 Å². The van der Waals surface area contributed by atoms with Gasteiger partial charge in [0, 0.05) is 5.41 Å². The van der Waals surface area contributed by atoms with Crippen molar-refractivity contribution in [2.75, 3.05) is 0 Å². The molecule has 0 saturated heterocycles. The lowest BCUT2D eigenvalue weighted by Gasteiger charge is -2.39. The van der Waals surface area contributed by atoms with E-state index in [0.29, 0.717) is 11.8 Å². The zero-order chi connectivity index (χ0) is 27.7. The van der Waals surface area contributed by atoms with Gasteiger partial charge in [-0.3, -0.25) is 0 Å². The summed E-state index contributed by atoms with van der Waals surface area (Å²) in [5.74, 6) is 1.31. The molecular weight excluding hydrogens is 468 g/mol. The Balaban J connectivity index is 1.55. The number of allylic oxidation sites excluding steroid dienone is 4. The Kier molecular flexibility index (Phi) is 8.04. The van der Waals surface area contributed by atoms with Gasteiger partial charge in [-0.05, 0) is 116 Å². The fourth-order valence-electron chi connectivity index (χ4n) is 8.06. The molecule has 5 rings (SSSR count). The van der Waals surface area contributed by atoms with Gasteiger partial charge in [0.15, 0.2) is 0 Å². The number of hydrogen-bond donors (Lipinski definition) is 0. The van der Waals surface area contributed by atoms with Gasteiger partial charge in [0.1, 0.15) is 0 Å². The molecule has 0 aliphatic heterocycles. The predicted molar refractivity (Wildman–Crippen MR) is 170 cm³/mol. The summed E-state index contributed by atoms with van der Waals surface area (Å²) in [5.41, 5.74) is 15.5. The average Bonchev–Trinajstić information content (AvgIpc) is 3.18. The van der Waals surface area contributed by atoms with Gasteiger partial charge in [-0.1, -0.05) is 117 Å². The zero-order valence-corrected chi connectivity index (χ0v) is 25.5. The number of rotatable bonds is 5. The molecule has 0 aromatic heterocycles. The second kappa shape index (κ2) is 11.3. The molecule has 0 spiro atoms. The van der Waals surface area contributed by atoms with Crippen LogP contribution in [0.4, 0.5) is 0 Å². The van der Waals surface area contributed by atoms with Crippen molar-refractivity contribution in [3.8, 4) is 11.1 Å². The largest absolute Gasteiger partial charge is 0.0778 e. The molecule has 2 atom stereocenters. The molecule has 0 radical (unpaired) electrons. The summed E-state index contributed by atoms with van der Waals surface area (Å²) >= 11 is 0. The van der Waals surface area contributed by atoms with Crippen LogP contribution in [-0.4, -0.2) is 0 Å². The average molecular weight is 517 g/mol. The maximum absolute atomic E-state index is 2.54. The lowest BCUT2D eigenvalue weighted by molar-refractivity contribution is 0.308. The Labute approximate surface area is 238 Å². The van der Waals surface area contributed by atoms with Gasteiger partial charge < -0.3 is 0 Å². The summed E-state index contributed by atoms with van der Waals surface area (Å²) in [7, 11) is 0. The molecule has 2 aliphatic carbocycles. The molecule has 39 heavy (non-hydrogen) atoms. The Morgan fingerprint density at radius 1 is 0.667 bits per heavy atom. The van der Waals surface area contributed by atoms with Crippen molar-refractivity contribution < 1.29 is 0 Å². The molecule has 0 heteroatoms. The van der Waals surface area contributed by atoms with Gasteiger partial charge in [0.25, 0.3) is 0 Å². The highest BCUT2D eigenvalue weighted by Crippen LogP contribution is 2.46. The van der Waals surface area contributed by atoms with E-state index >= 15 is 0 Å². The molecule has 2 unspecified atom stereocenters. The third-order valence-electron chi connectivity index (χ3n) is 9.88. The number of aryl methyl sites for hydroxylation is 3. The predicted octanol–water partition coefficient (Wildman–Crippen LogP) is 11.3. The van der Waals surface area contributed by atoms with Crippen LogP contribution in [0, 0.1) is 32.6 Å². The monoisotopic (exact) mass is 516 g/mol. The van der Waals surface area contributed by atoms with Gasteiger partial charge in [-0.25, -0.2) is 0 Å². The van der Waals surface area contributed by atoms with Crippen LogP contribution in [0.1, 0.15) is 106 Å². The lowest BCUT2D eigenvalue weighted by Crippen LogP contribution is -2.33. The van der Waals surface area contributed by atoms with Crippen molar-refractivity contribution in [2.24, 2.45) is 11.8 Å². The Bertz CT molecular complexity index is 1350. The molecule has 204 valence electrons. The van der Waals surface area contributed by atoms with E-state index in [1.54, 1.807) is 0 Å². The first-order chi connectivity index (χ1) is 18.7. The molecule has 0 heterocycles. The van der Waals surface area contributed by atoms with E-state index in [2.05, 4.69) is 115 Å². The van der Waals surface area contributed by atoms with Crippen molar-refractivity contribution in [1.82, 2.24) is 0 Å². The van der Waals surface area contributed by atoms with Crippen LogP contribution in [0.5, 0.6) is 0 Å². The summed E-state index contributed by atoms with van der Waals surface area (Å²) in [6.07, 6.45) is 11.7. The van der Waals surface area contributed by atoms with Crippen molar-refractivity contribution >= 4 is 5.57 Å². The second-order valence-corrected chi connectivity index (χ2v) is 13.0. The van der Waals surface area contributed by atoms with Crippen LogP contribution in [0.15, 0.2) is 77.9 Å². The van der Waals surface area contributed by atoms with Crippen LogP contribution in [-0.2, 0) is 5.41 Å². The first-order valence-corrected chi connectivity index (χ1v) is 15.4. The van der Waals surface area contributed by atoms with Crippen LogP contribution >= 0.6 is 0 Å². The Morgan fingerprint density at radius 3 is 1.69 bits per heavy atom. The number of benzene rings is 3. The van der Waals surface area contributed by atoms with Crippen LogP contribution in [0.3, 0.4) is 0 Å². The first-order valence-electron chi connectivity index (χ1n) is 15.4. The standard InChI is InChI=1S/C39H48/c1-26-22-28(3)37(29(4)23-26)32-14-18-35(19-15-32)39(7,34-12-10-8-9-11-13-34)36-20-16-33(17-21-36)38-30(5)24-27(2)25-31(38)6/h14-24,27,34H,8-13,25H2,1-7H3. The SMILES string of the molecule is CC1=CC(C)CC(C)=C1c1ccc(C(C)(c2ccc(-c3c(C)cc(C)cc3C)cc2)C2CCCCCC2)cc1. The zero-order valence-electron chi connectivity index (χ0n) is 25.5. The van der Waals surface area contributed by atoms with Gasteiger partial charge in [-0.2, -0.15) is 0 Å². The van der Waals surface area contributed by atoms with E-state index < -0.39 is 0 Å². The lowest BCUT2D eigenvalue weighted by atomic mass is 9.64. The van der Waals surface area contributed by atoms with E-state index in [9.17, 15) is 0 Å². The van der Waals surface area contributed by atoms with Crippen molar-refractivity contribution in [3.63, 3.8) is 0 Å². The Morgan fingerprint density at radius 2 is 1.18 bits per heavy atom. The fourth-order valence-corrected chi connectivity index (χ4v) is 8.06. The molecule has 0 amide bonds. The summed E-state index contributed by atoms with van der Waals surface area (Å²) in [5, 5.41) is 0. The smallest absolute Gasteiger partial charge is 0.0202 e. The minimum absolute atomic E-state index is 0.00809. The third kappa shape index (κ3) is 5.45. The molecule has 3 aromatic carbocycles. The minimum Gasteiger partial charge on any atom is -0.0778 e. The normalized spacial score (nSPS) is 20.4. The van der Waals surface area contributed by atoms with E-state index in [0.717, 1.165) is 0 Å². The van der Waals surface area contributed by atoms with Crippen LogP contribution in [0.2, 0.25) is 0 Å². The molecule has 2 aliphatic rings. The topological polar surface area (TPSA) is 0 Å². The molecule has 0 bridgehead atoms. The minimum atomic E-state index is 0.00809. The van der Waals surface area contributed by atoms with Gasteiger partial charge in [0.05, 0.1) is 0 Å². The maximum atomic E-state index is 2.54. The first kappa shape index (κ1) is 27.7. The van der Waals surface area contributed by atoms with Gasteiger partial charge >= 0.3 is 0 Å². The summed E-state index contributed by atoms with van der Waals surface area (Å²) in [6.45, 7) is 16.2. The maximum Gasteiger partial charge on any atom is 0.0202 e. The highest BCUT2D eigenvalue weighted by Gasteiger charge is 2.37. The van der Waals surface area contributed by atoms with E-state index in [4.69, 9.17) is 0 Å².